The molecule has 7 heteroatoms. The summed E-state index contributed by atoms with van der Waals surface area (Å²) in [5, 5.41) is 0. The van der Waals surface area contributed by atoms with Crippen LogP contribution in [-0.4, -0.2) is 17.9 Å². The molecule has 2 amide bonds. The van der Waals surface area contributed by atoms with E-state index in [1.807, 2.05) is 18.2 Å². The number of nitrogens with one attached hydrogen (secondary N) is 2. The molecule has 0 saturated heterocycles. The molecule has 2 N–H and O–H groups in total. The zero-order valence-electron chi connectivity index (χ0n) is 13.1. The standard InChI is InChI=1S/C17H17BrN2O3S/c1-10(23-13-6-3-5-12(18)9-13)16(21)19-20-17(22)15-8-11-4-2-7-14(11)24-15/h3,5-6,8-10H,2,4,7H2,1H3,(H,19,21)(H,20,22)/t10-/m0/s1. The van der Waals surface area contributed by atoms with Crippen LogP contribution in [0.15, 0.2) is 34.8 Å². The van der Waals surface area contributed by atoms with Gasteiger partial charge >= 0.3 is 0 Å². The third-order valence-corrected chi connectivity index (χ3v) is 5.48. The summed E-state index contributed by atoms with van der Waals surface area (Å²) in [4.78, 5) is 26.1. The van der Waals surface area contributed by atoms with Crippen molar-refractivity contribution in [2.75, 3.05) is 0 Å². The Hall–Kier alpha value is -1.86. The molecule has 1 aliphatic rings. The van der Waals surface area contributed by atoms with Gasteiger partial charge in [-0.05, 0) is 56.0 Å². The molecular formula is C17H17BrN2O3S. The Kier molecular flexibility index (Phi) is 5.20. The summed E-state index contributed by atoms with van der Waals surface area (Å²) < 4.78 is 6.42. The summed E-state index contributed by atoms with van der Waals surface area (Å²) in [6.45, 7) is 1.63. The summed E-state index contributed by atoms with van der Waals surface area (Å²) in [7, 11) is 0. The third-order valence-electron chi connectivity index (χ3n) is 3.75. The van der Waals surface area contributed by atoms with Crippen molar-refractivity contribution in [2.45, 2.75) is 32.3 Å². The predicted octanol–water partition coefficient (Wildman–Crippen LogP) is 3.23. The van der Waals surface area contributed by atoms with Crippen LogP contribution in [0.2, 0.25) is 0 Å². The van der Waals surface area contributed by atoms with Crippen molar-refractivity contribution in [3.05, 3.63) is 50.1 Å². The molecule has 24 heavy (non-hydrogen) atoms. The fourth-order valence-corrected chi connectivity index (χ4v) is 4.05. The van der Waals surface area contributed by atoms with Crippen molar-refractivity contribution in [2.24, 2.45) is 0 Å². The minimum atomic E-state index is -0.729. The van der Waals surface area contributed by atoms with Crippen LogP contribution in [0.4, 0.5) is 0 Å². The monoisotopic (exact) mass is 408 g/mol. The Morgan fingerprint density at radius 1 is 1.25 bits per heavy atom. The van der Waals surface area contributed by atoms with Gasteiger partial charge in [-0.1, -0.05) is 22.0 Å². The van der Waals surface area contributed by atoms with E-state index >= 15 is 0 Å². The van der Waals surface area contributed by atoms with E-state index in [1.54, 1.807) is 19.1 Å². The molecule has 3 rings (SSSR count). The van der Waals surface area contributed by atoms with E-state index in [4.69, 9.17) is 4.74 Å². The Bertz CT molecular complexity index is 753. The number of aryl methyl sites for hydroxylation is 2. The average molecular weight is 409 g/mol. The molecule has 1 aliphatic carbocycles. The maximum atomic E-state index is 12.1. The zero-order valence-corrected chi connectivity index (χ0v) is 15.5. The Morgan fingerprint density at radius 3 is 2.83 bits per heavy atom. The Balaban J connectivity index is 1.51. The summed E-state index contributed by atoms with van der Waals surface area (Å²) >= 11 is 4.84. The number of thiophene rings is 1. The predicted molar refractivity (Wildman–Crippen MR) is 96.2 cm³/mol. The maximum Gasteiger partial charge on any atom is 0.279 e. The number of hydrogen-bond donors (Lipinski definition) is 2. The smallest absolute Gasteiger partial charge is 0.279 e. The maximum absolute atomic E-state index is 12.1. The number of rotatable bonds is 4. The highest BCUT2D eigenvalue weighted by molar-refractivity contribution is 9.10. The molecule has 126 valence electrons. The number of carbonyl (C=O) groups excluding carboxylic acids is 2. The van der Waals surface area contributed by atoms with E-state index in [1.165, 1.54) is 21.8 Å². The topological polar surface area (TPSA) is 67.4 Å². The van der Waals surface area contributed by atoms with Gasteiger partial charge in [0.2, 0.25) is 0 Å². The molecule has 0 bridgehead atoms. The van der Waals surface area contributed by atoms with Crippen molar-refractivity contribution in [1.82, 2.24) is 10.9 Å². The number of ether oxygens (including phenoxy) is 1. The van der Waals surface area contributed by atoms with Crippen LogP contribution in [0.1, 0.15) is 33.5 Å². The second-order valence-corrected chi connectivity index (χ2v) is 7.63. The van der Waals surface area contributed by atoms with Crippen LogP contribution in [0, 0.1) is 0 Å². The zero-order chi connectivity index (χ0) is 17.1. The van der Waals surface area contributed by atoms with E-state index in [0.717, 1.165) is 23.7 Å². The van der Waals surface area contributed by atoms with Crippen LogP contribution in [-0.2, 0) is 17.6 Å². The number of hydrogen-bond acceptors (Lipinski definition) is 4. The first-order chi connectivity index (χ1) is 11.5. The van der Waals surface area contributed by atoms with Gasteiger partial charge in [0.1, 0.15) is 5.75 Å². The average Bonchev–Trinajstić information content (AvgIpc) is 3.13. The molecule has 1 atom stereocenters. The van der Waals surface area contributed by atoms with Crippen LogP contribution >= 0.6 is 27.3 Å². The lowest BCUT2D eigenvalue weighted by molar-refractivity contribution is -0.128. The lowest BCUT2D eigenvalue weighted by atomic mass is 10.2. The van der Waals surface area contributed by atoms with Gasteiger partial charge < -0.3 is 4.74 Å². The van der Waals surface area contributed by atoms with Crippen LogP contribution in [0.5, 0.6) is 5.75 Å². The van der Waals surface area contributed by atoms with Crippen molar-refractivity contribution >= 4 is 39.1 Å². The molecule has 0 unspecified atom stereocenters. The third kappa shape index (κ3) is 3.96. The van der Waals surface area contributed by atoms with Crippen LogP contribution < -0.4 is 15.6 Å². The molecule has 0 radical (unpaired) electrons. The molecule has 0 spiro atoms. The number of halogens is 1. The minimum Gasteiger partial charge on any atom is -0.481 e. The number of hydrazine groups is 1. The first-order valence-electron chi connectivity index (χ1n) is 7.67. The number of amides is 2. The van der Waals surface area contributed by atoms with Crippen LogP contribution in [0.25, 0.3) is 0 Å². The Labute approximate surface area is 152 Å². The quantitative estimate of drug-likeness (QED) is 0.763. The fourth-order valence-electron chi connectivity index (χ4n) is 2.52. The molecule has 1 aromatic heterocycles. The van der Waals surface area contributed by atoms with Crippen molar-refractivity contribution < 1.29 is 14.3 Å². The van der Waals surface area contributed by atoms with Gasteiger partial charge in [-0.15, -0.1) is 11.3 Å². The van der Waals surface area contributed by atoms with E-state index in [0.29, 0.717) is 10.6 Å². The fraction of sp³-hybridized carbons (Fsp3) is 0.294. The highest BCUT2D eigenvalue weighted by Gasteiger charge is 2.20. The molecule has 2 aromatic rings. The van der Waals surface area contributed by atoms with Gasteiger partial charge in [-0.3, -0.25) is 20.4 Å². The van der Waals surface area contributed by atoms with Gasteiger partial charge in [0.15, 0.2) is 6.10 Å². The normalized spacial score (nSPS) is 13.9. The van der Waals surface area contributed by atoms with Gasteiger partial charge in [0.05, 0.1) is 4.88 Å². The summed E-state index contributed by atoms with van der Waals surface area (Å²) in [6.07, 6.45) is 2.50. The molecular weight excluding hydrogens is 392 g/mol. The highest BCUT2D eigenvalue weighted by atomic mass is 79.9. The molecule has 1 aromatic carbocycles. The van der Waals surface area contributed by atoms with Crippen molar-refractivity contribution in [3.8, 4) is 5.75 Å². The Morgan fingerprint density at radius 2 is 2.08 bits per heavy atom. The van der Waals surface area contributed by atoms with Crippen molar-refractivity contribution in [3.63, 3.8) is 0 Å². The molecule has 0 aliphatic heterocycles. The van der Waals surface area contributed by atoms with E-state index in [-0.39, 0.29) is 5.91 Å². The SMILES string of the molecule is C[C@H](Oc1cccc(Br)c1)C(=O)NNC(=O)c1cc2c(s1)CCC2. The second kappa shape index (κ2) is 7.36. The van der Waals surface area contributed by atoms with E-state index in [2.05, 4.69) is 26.8 Å². The first-order valence-corrected chi connectivity index (χ1v) is 9.28. The number of carbonyl (C=O) groups is 2. The number of benzene rings is 1. The summed E-state index contributed by atoms with van der Waals surface area (Å²) in [6, 6.07) is 9.14. The van der Waals surface area contributed by atoms with Gasteiger partial charge in [-0.2, -0.15) is 0 Å². The lowest BCUT2D eigenvalue weighted by Crippen LogP contribution is -2.47. The highest BCUT2D eigenvalue weighted by Crippen LogP contribution is 2.30. The molecule has 5 nitrogen and oxygen atoms in total. The summed E-state index contributed by atoms with van der Waals surface area (Å²) in [5.74, 6) is -0.127. The molecule has 0 saturated carbocycles. The lowest BCUT2D eigenvalue weighted by Gasteiger charge is -2.15. The number of fused-ring (bicyclic) bond motifs is 1. The molecule has 0 fully saturated rings. The largest absolute Gasteiger partial charge is 0.481 e. The molecule has 1 heterocycles. The van der Waals surface area contributed by atoms with Gasteiger partial charge in [0, 0.05) is 9.35 Å². The first kappa shape index (κ1) is 17.0. The second-order valence-electron chi connectivity index (χ2n) is 5.57. The van der Waals surface area contributed by atoms with E-state index in [9.17, 15) is 9.59 Å². The summed E-state index contributed by atoms with van der Waals surface area (Å²) in [5.41, 5.74) is 6.11. The van der Waals surface area contributed by atoms with Gasteiger partial charge in [-0.25, -0.2) is 0 Å². The minimum absolute atomic E-state index is 0.294. The van der Waals surface area contributed by atoms with Crippen molar-refractivity contribution in [1.29, 1.82) is 0 Å². The van der Waals surface area contributed by atoms with Gasteiger partial charge in [0.25, 0.3) is 11.8 Å². The van der Waals surface area contributed by atoms with E-state index < -0.39 is 12.0 Å². The van der Waals surface area contributed by atoms with Crippen LogP contribution in [0.3, 0.4) is 0 Å².